The maximum Gasteiger partial charge on any atom is 0.287 e. The summed E-state index contributed by atoms with van der Waals surface area (Å²) in [6.45, 7) is 2.51. The first-order chi connectivity index (χ1) is 14.0. The minimum absolute atomic E-state index is 0.213. The predicted octanol–water partition coefficient (Wildman–Crippen LogP) is 3.00. The van der Waals surface area contributed by atoms with Gasteiger partial charge >= 0.3 is 0 Å². The molecule has 1 aromatic heterocycles. The Labute approximate surface area is 168 Å². The molecule has 3 rings (SSSR count). The van der Waals surface area contributed by atoms with Crippen molar-refractivity contribution in [2.45, 2.75) is 6.92 Å². The van der Waals surface area contributed by atoms with E-state index in [1.165, 1.54) is 6.26 Å². The third-order valence-electron chi connectivity index (χ3n) is 4.16. The fourth-order valence-corrected chi connectivity index (χ4v) is 2.56. The summed E-state index contributed by atoms with van der Waals surface area (Å²) in [5.74, 6) is -0.597. The summed E-state index contributed by atoms with van der Waals surface area (Å²) in [6, 6.07) is 17.0. The fraction of sp³-hybridized carbons (Fsp3) is 0.136. The summed E-state index contributed by atoms with van der Waals surface area (Å²) < 4.78 is 4.99. The molecular formula is C22H21N3O4. The van der Waals surface area contributed by atoms with E-state index in [2.05, 4.69) is 16.0 Å². The average molecular weight is 391 g/mol. The van der Waals surface area contributed by atoms with Crippen LogP contribution in [0.5, 0.6) is 0 Å². The summed E-state index contributed by atoms with van der Waals surface area (Å²) in [5.41, 5.74) is 2.69. The standard InChI is InChI=1S/C22H21N3O4/c1-15-4-6-17(7-5-15)21(27)25-18-10-8-16(9-11-18)20(26)23-12-13-24-22(28)19-3-2-14-29-19/h2-11,14H,12-13H2,1H3,(H,23,26)(H,24,28)(H,25,27). The molecule has 0 bridgehead atoms. The molecule has 0 saturated heterocycles. The van der Waals surface area contributed by atoms with Crippen molar-refractivity contribution in [3.63, 3.8) is 0 Å². The maximum atomic E-state index is 12.2. The topological polar surface area (TPSA) is 100 Å². The van der Waals surface area contributed by atoms with Crippen molar-refractivity contribution in [2.75, 3.05) is 18.4 Å². The van der Waals surface area contributed by atoms with Gasteiger partial charge < -0.3 is 20.4 Å². The van der Waals surface area contributed by atoms with Gasteiger partial charge in [-0.1, -0.05) is 17.7 Å². The molecule has 0 saturated carbocycles. The van der Waals surface area contributed by atoms with E-state index in [1.54, 1.807) is 48.5 Å². The molecule has 0 unspecified atom stereocenters. The first kappa shape index (κ1) is 19.9. The number of nitrogens with one attached hydrogen (secondary N) is 3. The van der Waals surface area contributed by atoms with Crippen LogP contribution in [0.25, 0.3) is 0 Å². The highest BCUT2D eigenvalue weighted by molar-refractivity contribution is 6.04. The molecule has 0 radical (unpaired) electrons. The van der Waals surface area contributed by atoms with Crippen molar-refractivity contribution in [3.05, 3.63) is 89.4 Å². The Morgan fingerprint density at radius 2 is 1.34 bits per heavy atom. The molecule has 0 spiro atoms. The number of hydrogen-bond acceptors (Lipinski definition) is 4. The van der Waals surface area contributed by atoms with Gasteiger partial charge in [-0.05, 0) is 55.5 Å². The minimum atomic E-state index is -0.335. The maximum absolute atomic E-state index is 12.2. The average Bonchev–Trinajstić information content (AvgIpc) is 3.27. The number of rotatable bonds is 7. The van der Waals surface area contributed by atoms with E-state index < -0.39 is 0 Å². The van der Waals surface area contributed by atoms with Crippen molar-refractivity contribution >= 4 is 23.4 Å². The molecule has 0 aliphatic rings. The molecule has 2 aromatic carbocycles. The van der Waals surface area contributed by atoms with Gasteiger partial charge in [-0.25, -0.2) is 0 Å². The Bertz CT molecular complexity index is 978. The van der Waals surface area contributed by atoms with Gasteiger partial charge in [0.05, 0.1) is 6.26 Å². The quantitative estimate of drug-likeness (QED) is 0.539. The van der Waals surface area contributed by atoms with Crippen LogP contribution in [0.2, 0.25) is 0 Å². The lowest BCUT2D eigenvalue weighted by Gasteiger charge is -2.08. The number of anilines is 1. The number of amides is 3. The van der Waals surface area contributed by atoms with Crippen LogP contribution in [0.15, 0.2) is 71.3 Å². The largest absolute Gasteiger partial charge is 0.459 e. The van der Waals surface area contributed by atoms with Crippen LogP contribution in [0.4, 0.5) is 5.69 Å². The van der Waals surface area contributed by atoms with Gasteiger partial charge in [-0.15, -0.1) is 0 Å². The van der Waals surface area contributed by atoms with Crippen LogP contribution in [0, 0.1) is 6.92 Å². The number of hydrogen-bond donors (Lipinski definition) is 3. The van der Waals surface area contributed by atoms with E-state index >= 15 is 0 Å². The van der Waals surface area contributed by atoms with Crippen molar-refractivity contribution in [2.24, 2.45) is 0 Å². The molecule has 0 aliphatic heterocycles. The molecule has 7 heteroatoms. The highest BCUT2D eigenvalue weighted by atomic mass is 16.3. The lowest BCUT2D eigenvalue weighted by atomic mass is 10.1. The van der Waals surface area contributed by atoms with Crippen molar-refractivity contribution in [1.29, 1.82) is 0 Å². The smallest absolute Gasteiger partial charge is 0.287 e. The fourth-order valence-electron chi connectivity index (χ4n) is 2.56. The van der Waals surface area contributed by atoms with Crippen molar-refractivity contribution in [3.8, 4) is 0 Å². The molecule has 3 aromatic rings. The molecule has 0 fully saturated rings. The van der Waals surface area contributed by atoms with Gasteiger partial charge in [0.1, 0.15) is 0 Å². The Kier molecular flexibility index (Phi) is 6.42. The van der Waals surface area contributed by atoms with Crippen LogP contribution in [-0.2, 0) is 0 Å². The van der Waals surface area contributed by atoms with Gasteiger partial charge in [-0.3, -0.25) is 14.4 Å². The second-order valence-electron chi connectivity index (χ2n) is 6.39. The number of aryl methyl sites for hydroxylation is 1. The number of carbonyl (C=O) groups is 3. The Balaban J connectivity index is 1.45. The zero-order chi connectivity index (χ0) is 20.6. The van der Waals surface area contributed by atoms with Crippen LogP contribution < -0.4 is 16.0 Å². The third kappa shape index (κ3) is 5.55. The molecule has 29 heavy (non-hydrogen) atoms. The summed E-state index contributed by atoms with van der Waals surface area (Å²) in [7, 11) is 0. The van der Waals surface area contributed by atoms with Crippen LogP contribution >= 0.6 is 0 Å². The lowest BCUT2D eigenvalue weighted by Crippen LogP contribution is -2.34. The second kappa shape index (κ2) is 9.36. The molecule has 3 N–H and O–H groups in total. The van der Waals surface area contributed by atoms with Crippen LogP contribution in [0.3, 0.4) is 0 Å². The van der Waals surface area contributed by atoms with E-state index in [-0.39, 0.29) is 36.6 Å². The highest BCUT2D eigenvalue weighted by Gasteiger charge is 2.09. The summed E-state index contributed by atoms with van der Waals surface area (Å²) >= 11 is 0. The second-order valence-corrected chi connectivity index (χ2v) is 6.39. The lowest BCUT2D eigenvalue weighted by molar-refractivity contribution is 0.0910. The van der Waals surface area contributed by atoms with Crippen LogP contribution in [0.1, 0.15) is 36.8 Å². The molecular weight excluding hydrogens is 370 g/mol. The van der Waals surface area contributed by atoms with Gasteiger partial charge in [0.2, 0.25) is 0 Å². The summed E-state index contributed by atoms with van der Waals surface area (Å²) in [4.78, 5) is 36.1. The molecule has 3 amide bonds. The number of furan rings is 1. The first-order valence-electron chi connectivity index (χ1n) is 9.11. The molecule has 7 nitrogen and oxygen atoms in total. The summed E-state index contributed by atoms with van der Waals surface area (Å²) in [6.07, 6.45) is 1.42. The molecule has 148 valence electrons. The molecule has 1 heterocycles. The number of carbonyl (C=O) groups excluding carboxylic acids is 3. The van der Waals surface area contributed by atoms with E-state index in [0.717, 1.165) is 5.56 Å². The van der Waals surface area contributed by atoms with E-state index in [4.69, 9.17) is 4.42 Å². The molecule has 0 aliphatic carbocycles. The normalized spacial score (nSPS) is 10.2. The highest BCUT2D eigenvalue weighted by Crippen LogP contribution is 2.12. The SMILES string of the molecule is Cc1ccc(C(=O)Nc2ccc(C(=O)NCCNC(=O)c3ccco3)cc2)cc1. The van der Waals surface area contributed by atoms with Gasteiger partial charge in [0.25, 0.3) is 17.7 Å². The zero-order valence-electron chi connectivity index (χ0n) is 15.9. The van der Waals surface area contributed by atoms with Gasteiger partial charge in [-0.2, -0.15) is 0 Å². The Morgan fingerprint density at radius 1 is 0.759 bits per heavy atom. The predicted molar refractivity (Wildman–Crippen MR) is 109 cm³/mol. The molecule has 0 atom stereocenters. The van der Waals surface area contributed by atoms with Crippen molar-refractivity contribution < 1.29 is 18.8 Å². The Morgan fingerprint density at radius 3 is 1.97 bits per heavy atom. The first-order valence-corrected chi connectivity index (χ1v) is 9.11. The van der Waals surface area contributed by atoms with Gasteiger partial charge in [0, 0.05) is 29.9 Å². The van der Waals surface area contributed by atoms with E-state index in [9.17, 15) is 14.4 Å². The Hall–Kier alpha value is -3.87. The van der Waals surface area contributed by atoms with Crippen LogP contribution in [-0.4, -0.2) is 30.8 Å². The van der Waals surface area contributed by atoms with E-state index in [0.29, 0.717) is 16.8 Å². The zero-order valence-corrected chi connectivity index (χ0v) is 15.9. The van der Waals surface area contributed by atoms with Crippen molar-refractivity contribution in [1.82, 2.24) is 10.6 Å². The summed E-state index contributed by atoms with van der Waals surface area (Å²) in [5, 5.41) is 8.16. The van der Waals surface area contributed by atoms with E-state index in [1.807, 2.05) is 19.1 Å². The minimum Gasteiger partial charge on any atom is -0.459 e. The monoisotopic (exact) mass is 391 g/mol. The number of benzene rings is 2. The van der Waals surface area contributed by atoms with Gasteiger partial charge in [0.15, 0.2) is 5.76 Å². The third-order valence-corrected chi connectivity index (χ3v) is 4.16.